The third-order valence-corrected chi connectivity index (χ3v) is 12.6. The SMILES string of the molecule is Cc1cccc(N2c3cc4cc(-c5ccccc5)ccc4cc3B3c4cc5ccc(-c6ccccc6)cc5cc4N(c4cccc(C)c4)c4cc(SC(F)(F)F)cc2c43)c1. The number of hydrogen-bond acceptors (Lipinski definition) is 3. The highest BCUT2D eigenvalue weighted by Gasteiger charge is 2.44. The Hall–Kier alpha value is -6.70. The van der Waals surface area contributed by atoms with Crippen LogP contribution in [-0.2, 0) is 0 Å². The van der Waals surface area contributed by atoms with E-state index in [9.17, 15) is 13.2 Å². The summed E-state index contributed by atoms with van der Waals surface area (Å²) in [5, 5.41) is 4.31. The predicted octanol–water partition coefficient (Wildman–Crippen LogP) is 13.6. The second kappa shape index (κ2) is 14.0. The van der Waals surface area contributed by atoms with Gasteiger partial charge in [0.15, 0.2) is 0 Å². The maximum atomic E-state index is 14.6. The van der Waals surface area contributed by atoms with Gasteiger partial charge < -0.3 is 9.80 Å². The van der Waals surface area contributed by atoms with E-state index < -0.39 is 5.51 Å². The van der Waals surface area contributed by atoms with E-state index in [0.717, 1.165) is 105 Å². The van der Waals surface area contributed by atoms with Crippen LogP contribution in [0.5, 0.6) is 0 Å². The molecular formula is C53H36BF3N2S. The molecular weight excluding hydrogens is 764 g/mol. The molecule has 2 heterocycles. The lowest BCUT2D eigenvalue weighted by Crippen LogP contribution is -2.61. The van der Waals surface area contributed by atoms with Gasteiger partial charge in [-0.15, -0.1) is 0 Å². The van der Waals surface area contributed by atoms with Crippen LogP contribution in [0.15, 0.2) is 187 Å². The number of anilines is 6. The van der Waals surface area contributed by atoms with Gasteiger partial charge in [-0.3, -0.25) is 0 Å². The topological polar surface area (TPSA) is 6.48 Å². The number of hydrogen-bond donors (Lipinski definition) is 0. The molecule has 2 aliphatic heterocycles. The van der Waals surface area contributed by atoms with Crippen molar-refractivity contribution in [3.05, 3.63) is 193 Å². The lowest BCUT2D eigenvalue weighted by molar-refractivity contribution is -0.0328. The molecule has 288 valence electrons. The van der Waals surface area contributed by atoms with Crippen molar-refractivity contribution in [3.8, 4) is 22.3 Å². The van der Waals surface area contributed by atoms with E-state index in [1.54, 1.807) is 12.1 Å². The van der Waals surface area contributed by atoms with E-state index in [4.69, 9.17) is 0 Å². The van der Waals surface area contributed by atoms with E-state index in [1.807, 2.05) is 48.5 Å². The van der Waals surface area contributed by atoms with Crippen LogP contribution in [0.4, 0.5) is 47.3 Å². The van der Waals surface area contributed by atoms with Crippen LogP contribution in [0.1, 0.15) is 11.1 Å². The Kier molecular flexibility index (Phi) is 8.47. The van der Waals surface area contributed by atoms with Crippen molar-refractivity contribution >= 4 is 90.5 Å². The molecule has 0 radical (unpaired) electrons. The molecule has 0 amide bonds. The van der Waals surface area contributed by atoms with Crippen LogP contribution in [-0.4, -0.2) is 12.2 Å². The minimum Gasteiger partial charge on any atom is -0.311 e. The summed E-state index contributed by atoms with van der Waals surface area (Å²) in [7, 11) is 0. The van der Waals surface area contributed by atoms with Gasteiger partial charge in [0, 0.05) is 39.0 Å². The van der Waals surface area contributed by atoms with Gasteiger partial charge in [-0.1, -0.05) is 121 Å². The summed E-state index contributed by atoms with van der Waals surface area (Å²) in [6.45, 7) is 3.83. The van der Waals surface area contributed by atoms with Crippen molar-refractivity contribution in [2.24, 2.45) is 0 Å². The maximum absolute atomic E-state index is 14.6. The van der Waals surface area contributed by atoms with Crippen LogP contribution in [0, 0.1) is 13.8 Å². The molecule has 0 aromatic heterocycles. The summed E-state index contributed by atoms with van der Waals surface area (Å²) in [6, 6.07) is 63.0. The van der Waals surface area contributed by atoms with Gasteiger partial charge >= 0.3 is 5.51 Å². The van der Waals surface area contributed by atoms with Crippen LogP contribution in [0.2, 0.25) is 0 Å². The zero-order chi connectivity index (χ0) is 40.7. The number of nitrogens with zero attached hydrogens (tertiary/aromatic N) is 2. The zero-order valence-corrected chi connectivity index (χ0v) is 33.7. The molecule has 9 aromatic rings. The number of rotatable bonds is 5. The minimum atomic E-state index is -4.49. The molecule has 0 aliphatic carbocycles. The van der Waals surface area contributed by atoms with Crippen molar-refractivity contribution in [2.45, 2.75) is 24.3 Å². The van der Waals surface area contributed by atoms with Gasteiger partial charge in [-0.25, -0.2) is 0 Å². The Balaban J connectivity index is 1.24. The monoisotopic (exact) mass is 800 g/mol. The molecule has 60 heavy (non-hydrogen) atoms. The number of halogens is 3. The van der Waals surface area contributed by atoms with Gasteiger partial charge in [0.05, 0.1) is 0 Å². The second-order valence-corrected chi connectivity index (χ2v) is 17.0. The van der Waals surface area contributed by atoms with E-state index >= 15 is 0 Å². The van der Waals surface area contributed by atoms with Crippen molar-refractivity contribution in [3.63, 3.8) is 0 Å². The largest absolute Gasteiger partial charge is 0.446 e. The molecule has 2 aliphatic rings. The molecule has 0 unspecified atom stereocenters. The number of benzene rings is 9. The van der Waals surface area contributed by atoms with Crippen molar-refractivity contribution in [2.75, 3.05) is 9.80 Å². The normalized spacial score (nSPS) is 13.1. The molecule has 0 spiro atoms. The van der Waals surface area contributed by atoms with Gasteiger partial charge in [0.25, 0.3) is 6.71 Å². The first kappa shape index (κ1) is 36.4. The molecule has 11 rings (SSSR count). The molecule has 0 saturated heterocycles. The fraction of sp³-hybridized carbons (Fsp3) is 0.0566. The summed E-state index contributed by atoms with van der Waals surface area (Å²) in [5.74, 6) is 0. The van der Waals surface area contributed by atoms with Crippen LogP contribution in [0.3, 0.4) is 0 Å². The third-order valence-electron chi connectivity index (χ3n) is 11.9. The van der Waals surface area contributed by atoms with Gasteiger partial charge in [0.2, 0.25) is 0 Å². The lowest BCUT2D eigenvalue weighted by Gasteiger charge is -2.44. The Labute approximate surface area is 351 Å². The molecule has 7 heteroatoms. The number of aryl methyl sites for hydroxylation is 2. The molecule has 0 fully saturated rings. The fourth-order valence-electron chi connectivity index (χ4n) is 9.36. The van der Waals surface area contributed by atoms with E-state index in [2.05, 4.69) is 145 Å². The van der Waals surface area contributed by atoms with E-state index in [-0.39, 0.29) is 23.4 Å². The number of thioether (sulfide) groups is 1. The van der Waals surface area contributed by atoms with Gasteiger partial charge in [-0.2, -0.15) is 13.2 Å². The van der Waals surface area contributed by atoms with Crippen molar-refractivity contribution in [1.82, 2.24) is 0 Å². The number of fused-ring (bicyclic) bond motifs is 6. The Bertz CT molecular complexity index is 2960. The molecule has 0 bridgehead atoms. The first-order chi connectivity index (χ1) is 29.1. The zero-order valence-electron chi connectivity index (χ0n) is 32.8. The van der Waals surface area contributed by atoms with Crippen LogP contribution in [0.25, 0.3) is 43.8 Å². The fourth-order valence-corrected chi connectivity index (χ4v) is 9.97. The predicted molar refractivity (Wildman–Crippen MR) is 248 cm³/mol. The van der Waals surface area contributed by atoms with Crippen molar-refractivity contribution < 1.29 is 13.2 Å². The molecule has 0 atom stereocenters. The Morgan fingerprint density at radius 2 is 0.883 bits per heavy atom. The Morgan fingerprint density at radius 3 is 1.32 bits per heavy atom. The molecule has 2 nitrogen and oxygen atoms in total. The van der Waals surface area contributed by atoms with Gasteiger partial charge in [0.1, 0.15) is 0 Å². The quantitative estimate of drug-likeness (QED) is 0.126. The van der Waals surface area contributed by atoms with E-state index in [1.165, 1.54) is 0 Å². The molecule has 0 saturated carbocycles. The van der Waals surface area contributed by atoms with Gasteiger partial charge in [-0.05, 0) is 158 Å². The summed E-state index contributed by atoms with van der Waals surface area (Å²) in [6.07, 6.45) is 0. The standard InChI is InChI=1S/C53H36BF3N2S/c1-33-11-9-17-43(23-33)58-48-29-41-25-37(35-13-5-3-6-14-35)19-21-39(41)27-46(48)54-47-28-40-22-20-38(36-15-7-4-8-16-36)26-42(40)30-49(47)59(44-18-10-12-34(2)24-44)51-32-45(60-53(55,56)57)31-50(58)52(51)54/h3-32H,1-2H3. The van der Waals surface area contributed by atoms with E-state index in [0.29, 0.717) is 0 Å². The number of alkyl halides is 3. The average Bonchev–Trinajstić information content (AvgIpc) is 3.24. The second-order valence-electron chi connectivity index (χ2n) is 15.9. The Morgan fingerprint density at radius 1 is 0.417 bits per heavy atom. The smallest absolute Gasteiger partial charge is 0.311 e. The summed E-state index contributed by atoms with van der Waals surface area (Å²) in [4.78, 5) is 4.52. The molecule has 0 N–H and O–H groups in total. The maximum Gasteiger partial charge on any atom is 0.446 e. The summed E-state index contributed by atoms with van der Waals surface area (Å²) in [5.41, 5.74) is 10.4. The lowest BCUT2D eigenvalue weighted by atomic mass is 9.33. The molecule has 9 aromatic carbocycles. The average molecular weight is 801 g/mol. The minimum absolute atomic E-state index is 0.0573. The van der Waals surface area contributed by atoms with Crippen LogP contribution < -0.4 is 26.2 Å². The summed E-state index contributed by atoms with van der Waals surface area (Å²) >= 11 is -0.0573. The first-order valence-electron chi connectivity index (χ1n) is 20.1. The highest BCUT2D eigenvalue weighted by atomic mass is 32.2. The van der Waals surface area contributed by atoms with Crippen molar-refractivity contribution in [1.29, 1.82) is 0 Å². The summed E-state index contributed by atoms with van der Waals surface area (Å²) < 4.78 is 43.7. The third kappa shape index (κ3) is 6.23. The van der Waals surface area contributed by atoms with Crippen LogP contribution >= 0.6 is 11.8 Å². The first-order valence-corrected chi connectivity index (χ1v) is 20.9. The highest BCUT2D eigenvalue weighted by molar-refractivity contribution is 8.00. The highest BCUT2D eigenvalue weighted by Crippen LogP contribution is 2.49.